The number of benzene rings is 1. The molecule has 0 amide bonds. The van der Waals surface area contributed by atoms with E-state index in [9.17, 15) is 0 Å². The maximum atomic E-state index is 6.12. The van der Waals surface area contributed by atoms with E-state index in [0.29, 0.717) is 10.0 Å². The molecule has 0 aliphatic rings. The lowest BCUT2D eigenvalue weighted by atomic mass is 10.2. The van der Waals surface area contributed by atoms with Crippen LogP contribution >= 0.6 is 34.5 Å². The van der Waals surface area contributed by atoms with Gasteiger partial charge in [0.05, 0.1) is 10.7 Å². The van der Waals surface area contributed by atoms with E-state index in [1.165, 1.54) is 0 Å². The van der Waals surface area contributed by atoms with Crippen LogP contribution in [0.3, 0.4) is 0 Å². The van der Waals surface area contributed by atoms with Gasteiger partial charge < -0.3 is 4.90 Å². The van der Waals surface area contributed by atoms with Crippen molar-refractivity contribution in [2.75, 3.05) is 19.0 Å². The number of rotatable bonds is 2. The van der Waals surface area contributed by atoms with Crippen LogP contribution in [0.1, 0.15) is 0 Å². The molecule has 1 aromatic carbocycles. The molecule has 0 radical (unpaired) electrons. The topological polar surface area (TPSA) is 16.1 Å². The van der Waals surface area contributed by atoms with Gasteiger partial charge in [-0.15, -0.1) is 11.3 Å². The zero-order valence-corrected chi connectivity index (χ0v) is 11.2. The first-order valence-electron chi connectivity index (χ1n) is 4.66. The molecule has 0 spiro atoms. The molecule has 1 aromatic heterocycles. The second kappa shape index (κ2) is 4.62. The van der Waals surface area contributed by atoms with Gasteiger partial charge in [-0.05, 0) is 18.2 Å². The first-order chi connectivity index (χ1) is 7.58. The number of hydrogen-bond acceptors (Lipinski definition) is 3. The van der Waals surface area contributed by atoms with E-state index >= 15 is 0 Å². The number of hydrogen-bond donors (Lipinski definition) is 0. The van der Waals surface area contributed by atoms with Crippen LogP contribution in [-0.4, -0.2) is 19.1 Å². The lowest BCUT2D eigenvalue weighted by molar-refractivity contribution is 1.11. The van der Waals surface area contributed by atoms with E-state index in [2.05, 4.69) is 4.98 Å². The first-order valence-corrected chi connectivity index (χ1v) is 6.30. The summed E-state index contributed by atoms with van der Waals surface area (Å²) in [6.07, 6.45) is 0. The summed E-state index contributed by atoms with van der Waals surface area (Å²) in [4.78, 5) is 6.46. The third kappa shape index (κ3) is 2.32. The highest BCUT2D eigenvalue weighted by Gasteiger charge is 2.09. The third-order valence-corrected chi connectivity index (χ3v) is 3.64. The molecule has 0 N–H and O–H groups in total. The number of nitrogens with zero attached hydrogens (tertiary/aromatic N) is 2. The average molecular weight is 273 g/mol. The molecule has 0 aliphatic carbocycles. The summed E-state index contributed by atoms with van der Waals surface area (Å²) < 4.78 is 0. The average Bonchev–Trinajstić information content (AvgIpc) is 2.66. The Balaban J connectivity index is 2.42. The molecule has 0 atom stereocenters. The lowest BCUT2D eigenvalue weighted by Gasteiger charge is -2.06. The Morgan fingerprint density at radius 3 is 2.56 bits per heavy atom. The predicted octanol–water partition coefficient (Wildman–Crippen LogP) is 4.18. The van der Waals surface area contributed by atoms with Crippen LogP contribution in [0.5, 0.6) is 0 Å². The van der Waals surface area contributed by atoms with Crippen molar-refractivity contribution in [3.63, 3.8) is 0 Å². The van der Waals surface area contributed by atoms with Gasteiger partial charge in [0.15, 0.2) is 5.13 Å². The van der Waals surface area contributed by atoms with Crippen molar-refractivity contribution in [3.05, 3.63) is 33.6 Å². The van der Waals surface area contributed by atoms with Crippen molar-refractivity contribution in [2.45, 2.75) is 0 Å². The van der Waals surface area contributed by atoms with Gasteiger partial charge in [0, 0.05) is 30.1 Å². The SMILES string of the molecule is CN(C)c1nc(-c2ccc(Cl)cc2Cl)cs1. The van der Waals surface area contributed by atoms with Crippen LogP contribution in [0.4, 0.5) is 5.13 Å². The van der Waals surface area contributed by atoms with Crippen LogP contribution in [0, 0.1) is 0 Å². The number of aromatic nitrogens is 1. The zero-order chi connectivity index (χ0) is 11.7. The molecule has 0 saturated heterocycles. The minimum absolute atomic E-state index is 0.628. The molecule has 1 heterocycles. The van der Waals surface area contributed by atoms with Gasteiger partial charge in [0.25, 0.3) is 0 Å². The Hall–Kier alpha value is -0.770. The monoisotopic (exact) mass is 272 g/mol. The molecular weight excluding hydrogens is 263 g/mol. The van der Waals surface area contributed by atoms with Crippen LogP contribution in [0.15, 0.2) is 23.6 Å². The maximum Gasteiger partial charge on any atom is 0.185 e. The van der Waals surface area contributed by atoms with Crippen molar-refractivity contribution in [1.29, 1.82) is 0 Å². The molecule has 16 heavy (non-hydrogen) atoms. The van der Waals surface area contributed by atoms with Crippen molar-refractivity contribution >= 4 is 39.7 Å². The van der Waals surface area contributed by atoms with Gasteiger partial charge >= 0.3 is 0 Å². The molecule has 0 saturated carbocycles. The second-order valence-corrected chi connectivity index (χ2v) is 5.21. The lowest BCUT2D eigenvalue weighted by Crippen LogP contribution is -2.07. The molecule has 2 nitrogen and oxygen atoms in total. The van der Waals surface area contributed by atoms with Gasteiger partial charge in [-0.25, -0.2) is 4.98 Å². The van der Waals surface area contributed by atoms with Gasteiger partial charge in [0.2, 0.25) is 0 Å². The normalized spacial score (nSPS) is 10.5. The molecule has 2 aromatic rings. The van der Waals surface area contributed by atoms with Crippen molar-refractivity contribution in [3.8, 4) is 11.3 Å². The summed E-state index contributed by atoms with van der Waals surface area (Å²) in [5.74, 6) is 0. The van der Waals surface area contributed by atoms with Crippen LogP contribution in [-0.2, 0) is 0 Å². The Morgan fingerprint density at radius 2 is 2.00 bits per heavy atom. The molecule has 0 fully saturated rings. The third-order valence-electron chi connectivity index (χ3n) is 2.08. The minimum atomic E-state index is 0.628. The Morgan fingerprint density at radius 1 is 1.25 bits per heavy atom. The van der Waals surface area contributed by atoms with E-state index < -0.39 is 0 Å². The van der Waals surface area contributed by atoms with Crippen LogP contribution < -0.4 is 4.90 Å². The van der Waals surface area contributed by atoms with Crippen LogP contribution in [0.2, 0.25) is 10.0 Å². The molecule has 84 valence electrons. The zero-order valence-electron chi connectivity index (χ0n) is 8.87. The summed E-state index contributed by atoms with van der Waals surface area (Å²) >= 11 is 13.6. The number of halogens is 2. The summed E-state index contributed by atoms with van der Waals surface area (Å²) in [6, 6.07) is 5.43. The van der Waals surface area contributed by atoms with E-state index in [-0.39, 0.29) is 0 Å². The predicted molar refractivity (Wildman–Crippen MR) is 71.9 cm³/mol. The van der Waals surface area contributed by atoms with Gasteiger partial charge in [-0.1, -0.05) is 23.2 Å². The summed E-state index contributed by atoms with van der Waals surface area (Å²) in [6.45, 7) is 0. The quantitative estimate of drug-likeness (QED) is 0.815. The van der Waals surface area contributed by atoms with E-state index in [4.69, 9.17) is 23.2 Å². The highest BCUT2D eigenvalue weighted by atomic mass is 35.5. The fraction of sp³-hybridized carbons (Fsp3) is 0.182. The molecular formula is C11H10Cl2N2S. The number of thiazole rings is 1. The standard InChI is InChI=1S/C11H10Cl2N2S/c1-15(2)11-14-10(6-16-11)8-4-3-7(12)5-9(8)13/h3-6H,1-2H3. The largest absolute Gasteiger partial charge is 0.354 e. The summed E-state index contributed by atoms with van der Waals surface area (Å²) in [5, 5.41) is 4.21. The fourth-order valence-electron chi connectivity index (χ4n) is 1.29. The Labute approximate surface area is 108 Å². The smallest absolute Gasteiger partial charge is 0.185 e. The molecule has 0 aliphatic heterocycles. The highest BCUT2D eigenvalue weighted by molar-refractivity contribution is 7.14. The number of anilines is 1. The van der Waals surface area contributed by atoms with Crippen molar-refractivity contribution in [2.24, 2.45) is 0 Å². The first kappa shape index (κ1) is 11.7. The minimum Gasteiger partial charge on any atom is -0.354 e. The van der Waals surface area contributed by atoms with Gasteiger partial charge in [-0.2, -0.15) is 0 Å². The van der Waals surface area contributed by atoms with Crippen molar-refractivity contribution < 1.29 is 0 Å². The summed E-state index contributed by atoms with van der Waals surface area (Å²) in [5.41, 5.74) is 1.80. The van der Waals surface area contributed by atoms with Crippen molar-refractivity contribution in [1.82, 2.24) is 4.98 Å². The molecule has 5 heteroatoms. The van der Waals surface area contributed by atoms with E-state index in [1.807, 2.05) is 36.5 Å². The molecule has 0 bridgehead atoms. The Kier molecular flexibility index (Phi) is 3.38. The fourth-order valence-corrected chi connectivity index (χ4v) is 2.55. The van der Waals surface area contributed by atoms with E-state index in [1.54, 1.807) is 17.4 Å². The van der Waals surface area contributed by atoms with Gasteiger partial charge in [-0.3, -0.25) is 0 Å². The van der Waals surface area contributed by atoms with Crippen LogP contribution in [0.25, 0.3) is 11.3 Å². The Bertz CT molecular complexity index is 508. The van der Waals surface area contributed by atoms with Gasteiger partial charge in [0.1, 0.15) is 0 Å². The van der Waals surface area contributed by atoms with E-state index in [0.717, 1.165) is 16.4 Å². The highest BCUT2D eigenvalue weighted by Crippen LogP contribution is 2.32. The molecule has 2 rings (SSSR count). The summed E-state index contributed by atoms with van der Waals surface area (Å²) in [7, 11) is 3.93. The maximum absolute atomic E-state index is 6.12. The molecule has 0 unspecified atom stereocenters. The second-order valence-electron chi connectivity index (χ2n) is 3.53.